The van der Waals surface area contributed by atoms with Crippen LogP contribution in [0, 0.1) is 0 Å². The third-order valence-electron chi connectivity index (χ3n) is 4.26. The molecule has 0 unspecified atom stereocenters. The molecule has 1 fully saturated rings. The van der Waals surface area contributed by atoms with E-state index in [0.717, 1.165) is 5.69 Å². The van der Waals surface area contributed by atoms with Gasteiger partial charge in [-0.1, -0.05) is 12.1 Å². The van der Waals surface area contributed by atoms with Crippen LogP contribution in [0.25, 0.3) is 5.69 Å². The first-order chi connectivity index (χ1) is 12.2. The molecule has 2 aromatic rings. The fourth-order valence-electron chi connectivity index (χ4n) is 2.96. The fourth-order valence-corrected chi connectivity index (χ4v) is 2.96. The zero-order valence-corrected chi connectivity index (χ0v) is 14.2. The standard InChI is InChI=1S/C18H22N4O3/c1-2-25-18(24)21-12-8-14(9-13-21)20-17(23)15-6-3-4-7-16(15)22-11-5-10-19-22/h3-7,10-11,14H,2,8-9,12-13H2,1H3,(H,20,23). The highest BCUT2D eigenvalue weighted by Crippen LogP contribution is 2.16. The van der Waals surface area contributed by atoms with Crippen LogP contribution in [0.1, 0.15) is 30.1 Å². The summed E-state index contributed by atoms with van der Waals surface area (Å²) in [5, 5.41) is 7.27. The monoisotopic (exact) mass is 342 g/mol. The first kappa shape index (κ1) is 17.0. The highest BCUT2D eigenvalue weighted by Gasteiger charge is 2.25. The van der Waals surface area contributed by atoms with Gasteiger partial charge in [-0.3, -0.25) is 4.79 Å². The summed E-state index contributed by atoms with van der Waals surface area (Å²) >= 11 is 0. The molecule has 1 aliphatic rings. The molecule has 2 amide bonds. The number of hydrogen-bond acceptors (Lipinski definition) is 4. The lowest BCUT2D eigenvalue weighted by atomic mass is 10.0. The SMILES string of the molecule is CCOC(=O)N1CCC(NC(=O)c2ccccc2-n2cccn2)CC1. The normalized spacial score (nSPS) is 15.0. The molecular formula is C18H22N4O3. The summed E-state index contributed by atoms with van der Waals surface area (Å²) in [6, 6.07) is 9.24. The third-order valence-corrected chi connectivity index (χ3v) is 4.26. The fraction of sp³-hybridized carbons (Fsp3) is 0.389. The molecule has 3 rings (SSSR count). The molecule has 7 nitrogen and oxygen atoms in total. The van der Waals surface area contributed by atoms with Crippen molar-refractivity contribution in [2.24, 2.45) is 0 Å². The minimum Gasteiger partial charge on any atom is -0.450 e. The Kier molecular flexibility index (Phi) is 5.33. The van der Waals surface area contributed by atoms with Crippen molar-refractivity contribution in [1.82, 2.24) is 20.0 Å². The summed E-state index contributed by atoms with van der Waals surface area (Å²) in [5.41, 5.74) is 1.33. The Labute approximate surface area is 146 Å². The molecule has 1 aromatic heterocycles. The van der Waals surface area contributed by atoms with E-state index in [4.69, 9.17) is 4.74 Å². The van der Waals surface area contributed by atoms with Crippen LogP contribution in [-0.2, 0) is 4.74 Å². The number of rotatable bonds is 4. The Morgan fingerprint density at radius 3 is 2.68 bits per heavy atom. The molecule has 25 heavy (non-hydrogen) atoms. The van der Waals surface area contributed by atoms with E-state index in [-0.39, 0.29) is 18.0 Å². The average Bonchev–Trinajstić information content (AvgIpc) is 3.17. The van der Waals surface area contributed by atoms with Gasteiger partial charge in [-0.15, -0.1) is 0 Å². The van der Waals surface area contributed by atoms with Gasteiger partial charge in [-0.25, -0.2) is 9.48 Å². The number of benzene rings is 1. The number of hydrogen-bond donors (Lipinski definition) is 1. The Morgan fingerprint density at radius 1 is 1.24 bits per heavy atom. The second-order valence-corrected chi connectivity index (χ2v) is 5.90. The van der Waals surface area contributed by atoms with Gasteiger partial charge in [0.25, 0.3) is 5.91 Å². The van der Waals surface area contributed by atoms with Gasteiger partial charge in [-0.05, 0) is 38.0 Å². The minimum absolute atomic E-state index is 0.0452. The molecule has 132 valence electrons. The molecule has 1 N–H and O–H groups in total. The van der Waals surface area contributed by atoms with E-state index in [0.29, 0.717) is 38.1 Å². The van der Waals surface area contributed by atoms with E-state index in [2.05, 4.69) is 10.4 Å². The third kappa shape index (κ3) is 3.99. The number of nitrogens with zero attached hydrogens (tertiary/aromatic N) is 3. The number of aromatic nitrogens is 2. The van der Waals surface area contributed by atoms with Gasteiger partial charge in [0, 0.05) is 31.5 Å². The minimum atomic E-state index is -0.281. The summed E-state index contributed by atoms with van der Waals surface area (Å²) < 4.78 is 6.69. The van der Waals surface area contributed by atoms with E-state index in [9.17, 15) is 9.59 Å². The lowest BCUT2D eigenvalue weighted by Crippen LogP contribution is -2.46. The first-order valence-corrected chi connectivity index (χ1v) is 8.50. The Hall–Kier alpha value is -2.83. The predicted molar refractivity (Wildman–Crippen MR) is 92.6 cm³/mol. The number of para-hydroxylation sites is 1. The second-order valence-electron chi connectivity index (χ2n) is 5.90. The number of piperidine rings is 1. The molecule has 2 heterocycles. The molecule has 0 spiro atoms. The maximum absolute atomic E-state index is 12.7. The van der Waals surface area contributed by atoms with Gasteiger partial charge >= 0.3 is 6.09 Å². The lowest BCUT2D eigenvalue weighted by Gasteiger charge is -2.31. The summed E-state index contributed by atoms with van der Waals surface area (Å²) in [7, 11) is 0. The van der Waals surface area contributed by atoms with Gasteiger partial charge in [0.2, 0.25) is 0 Å². The summed E-state index contributed by atoms with van der Waals surface area (Å²) in [4.78, 5) is 26.1. The van der Waals surface area contributed by atoms with Crippen LogP contribution < -0.4 is 5.32 Å². The molecule has 0 radical (unpaired) electrons. The van der Waals surface area contributed by atoms with Crippen LogP contribution in [0.3, 0.4) is 0 Å². The van der Waals surface area contributed by atoms with E-state index >= 15 is 0 Å². The Bertz CT molecular complexity index is 722. The van der Waals surface area contributed by atoms with Crippen molar-refractivity contribution in [2.45, 2.75) is 25.8 Å². The molecular weight excluding hydrogens is 320 g/mol. The molecule has 7 heteroatoms. The molecule has 1 saturated heterocycles. The summed E-state index contributed by atoms with van der Waals surface area (Å²) in [5.74, 6) is -0.124. The number of nitrogens with one attached hydrogen (secondary N) is 1. The van der Waals surface area contributed by atoms with E-state index in [1.54, 1.807) is 28.8 Å². The molecule has 1 aromatic carbocycles. The molecule has 0 saturated carbocycles. The maximum atomic E-state index is 12.7. The molecule has 0 atom stereocenters. The summed E-state index contributed by atoms with van der Waals surface area (Å²) in [6.45, 7) is 3.34. The number of carbonyl (C=O) groups is 2. The van der Waals surface area contributed by atoms with Crippen molar-refractivity contribution in [1.29, 1.82) is 0 Å². The predicted octanol–water partition coefficient (Wildman–Crippen LogP) is 2.22. The number of carbonyl (C=O) groups excluding carboxylic acids is 2. The average molecular weight is 342 g/mol. The highest BCUT2D eigenvalue weighted by molar-refractivity contribution is 5.97. The zero-order valence-electron chi connectivity index (χ0n) is 14.2. The van der Waals surface area contributed by atoms with E-state index in [1.807, 2.05) is 30.5 Å². The van der Waals surface area contributed by atoms with E-state index in [1.165, 1.54) is 0 Å². The highest BCUT2D eigenvalue weighted by atomic mass is 16.6. The van der Waals surface area contributed by atoms with Gasteiger partial charge in [-0.2, -0.15) is 5.10 Å². The van der Waals surface area contributed by atoms with Crippen LogP contribution in [0.2, 0.25) is 0 Å². The van der Waals surface area contributed by atoms with Crippen molar-refractivity contribution in [2.75, 3.05) is 19.7 Å². The van der Waals surface area contributed by atoms with Crippen LogP contribution in [0.5, 0.6) is 0 Å². The van der Waals surface area contributed by atoms with Crippen LogP contribution >= 0.6 is 0 Å². The van der Waals surface area contributed by atoms with Crippen LogP contribution in [0.15, 0.2) is 42.7 Å². The van der Waals surface area contributed by atoms with Crippen molar-refractivity contribution >= 4 is 12.0 Å². The van der Waals surface area contributed by atoms with Crippen molar-refractivity contribution < 1.29 is 14.3 Å². The quantitative estimate of drug-likeness (QED) is 0.924. The molecule has 0 bridgehead atoms. The second kappa shape index (κ2) is 7.83. The van der Waals surface area contributed by atoms with Gasteiger partial charge in [0.1, 0.15) is 0 Å². The van der Waals surface area contributed by atoms with Gasteiger partial charge in [0.15, 0.2) is 0 Å². The summed E-state index contributed by atoms with van der Waals surface area (Å²) in [6.07, 6.45) is 4.64. The maximum Gasteiger partial charge on any atom is 0.409 e. The molecule has 1 aliphatic heterocycles. The topological polar surface area (TPSA) is 76.5 Å². The number of likely N-dealkylation sites (tertiary alicyclic amines) is 1. The Balaban J connectivity index is 1.62. The first-order valence-electron chi connectivity index (χ1n) is 8.50. The van der Waals surface area contributed by atoms with Crippen molar-refractivity contribution in [3.8, 4) is 5.69 Å². The van der Waals surface area contributed by atoms with Gasteiger partial charge in [0.05, 0.1) is 17.9 Å². The largest absolute Gasteiger partial charge is 0.450 e. The van der Waals surface area contributed by atoms with E-state index < -0.39 is 0 Å². The molecule has 0 aliphatic carbocycles. The number of ether oxygens (including phenoxy) is 1. The number of amides is 2. The van der Waals surface area contributed by atoms with Gasteiger partial charge < -0.3 is 15.0 Å². The smallest absolute Gasteiger partial charge is 0.409 e. The van der Waals surface area contributed by atoms with Crippen molar-refractivity contribution in [3.05, 3.63) is 48.3 Å². The van der Waals surface area contributed by atoms with Crippen LogP contribution in [0.4, 0.5) is 4.79 Å². The van der Waals surface area contributed by atoms with Crippen molar-refractivity contribution in [3.63, 3.8) is 0 Å². The zero-order chi connectivity index (χ0) is 17.6. The van der Waals surface area contributed by atoms with Crippen LogP contribution in [-0.4, -0.2) is 52.4 Å². The lowest BCUT2D eigenvalue weighted by molar-refractivity contribution is 0.0860. The Morgan fingerprint density at radius 2 is 2.00 bits per heavy atom.